The standard InChI is InChI=1S/C19H24FN5O/c1-13-15(20)5-4-6-16(13)22-19(26)25-10-3-2-7-17(25)18-23-21-12-24(18)11-14-8-9-14/h4-6,12,14,17H,2-3,7-11H2,1H3,(H,22,26). The largest absolute Gasteiger partial charge is 0.322 e. The molecule has 1 N–H and O–H groups in total. The average molecular weight is 357 g/mol. The first-order valence-electron chi connectivity index (χ1n) is 9.34. The van der Waals surface area contributed by atoms with E-state index in [9.17, 15) is 9.18 Å². The third-order valence-electron chi connectivity index (χ3n) is 5.37. The van der Waals surface area contributed by atoms with E-state index in [1.807, 2.05) is 4.90 Å². The van der Waals surface area contributed by atoms with E-state index in [4.69, 9.17) is 0 Å². The van der Waals surface area contributed by atoms with E-state index in [0.29, 0.717) is 23.7 Å². The number of likely N-dealkylation sites (tertiary alicyclic amines) is 1. The van der Waals surface area contributed by atoms with Gasteiger partial charge in [0.1, 0.15) is 12.1 Å². The third kappa shape index (κ3) is 3.43. The molecule has 7 heteroatoms. The Balaban J connectivity index is 1.54. The van der Waals surface area contributed by atoms with Crippen LogP contribution in [0.1, 0.15) is 49.5 Å². The summed E-state index contributed by atoms with van der Waals surface area (Å²) in [7, 11) is 0. The molecule has 26 heavy (non-hydrogen) atoms. The lowest BCUT2D eigenvalue weighted by Gasteiger charge is -2.35. The van der Waals surface area contributed by atoms with Crippen LogP contribution >= 0.6 is 0 Å². The first-order valence-corrected chi connectivity index (χ1v) is 9.34. The molecule has 4 rings (SSSR count). The molecule has 0 radical (unpaired) electrons. The van der Waals surface area contributed by atoms with Crippen LogP contribution in [-0.4, -0.2) is 32.2 Å². The van der Waals surface area contributed by atoms with Crippen LogP contribution in [0.25, 0.3) is 0 Å². The molecule has 1 aliphatic carbocycles. The second-order valence-electron chi connectivity index (χ2n) is 7.33. The molecule has 0 bridgehead atoms. The van der Waals surface area contributed by atoms with Crippen LogP contribution in [0.4, 0.5) is 14.9 Å². The molecule has 2 heterocycles. The van der Waals surface area contributed by atoms with Gasteiger partial charge < -0.3 is 14.8 Å². The number of nitrogens with zero attached hydrogens (tertiary/aromatic N) is 4. The normalized spacial score (nSPS) is 20.2. The zero-order valence-electron chi connectivity index (χ0n) is 15.0. The minimum atomic E-state index is -0.317. The molecule has 1 saturated heterocycles. The highest BCUT2D eigenvalue weighted by Crippen LogP contribution is 2.34. The molecule has 1 saturated carbocycles. The Morgan fingerprint density at radius 2 is 2.15 bits per heavy atom. The maximum absolute atomic E-state index is 13.8. The first-order chi connectivity index (χ1) is 12.6. The second kappa shape index (κ2) is 7.05. The highest BCUT2D eigenvalue weighted by atomic mass is 19.1. The second-order valence-corrected chi connectivity index (χ2v) is 7.33. The fourth-order valence-corrected chi connectivity index (χ4v) is 3.61. The lowest BCUT2D eigenvalue weighted by Crippen LogP contribution is -2.42. The lowest BCUT2D eigenvalue weighted by molar-refractivity contribution is 0.157. The zero-order chi connectivity index (χ0) is 18.1. The van der Waals surface area contributed by atoms with Gasteiger partial charge in [-0.2, -0.15) is 0 Å². The summed E-state index contributed by atoms with van der Waals surface area (Å²) in [5.74, 6) is 1.26. The van der Waals surface area contributed by atoms with Gasteiger partial charge in [0.05, 0.1) is 6.04 Å². The van der Waals surface area contributed by atoms with E-state index < -0.39 is 0 Å². The minimum Gasteiger partial charge on any atom is -0.316 e. The molecular formula is C19H24FN5O. The van der Waals surface area contributed by atoms with E-state index in [2.05, 4.69) is 20.1 Å². The number of urea groups is 1. The van der Waals surface area contributed by atoms with Crippen LogP contribution in [0.15, 0.2) is 24.5 Å². The van der Waals surface area contributed by atoms with Gasteiger partial charge in [-0.3, -0.25) is 0 Å². The highest BCUT2D eigenvalue weighted by molar-refractivity contribution is 5.90. The summed E-state index contributed by atoms with van der Waals surface area (Å²) in [6.07, 6.45) is 7.18. The molecule has 1 unspecified atom stereocenters. The van der Waals surface area contributed by atoms with Crippen LogP contribution in [0, 0.1) is 18.7 Å². The van der Waals surface area contributed by atoms with Crippen molar-refractivity contribution < 1.29 is 9.18 Å². The van der Waals surface area contributed by atoms with Gasteiger partial charge in [-0.15, -0.1) is 10.2 Å². The molecule has 138 valence electrons. The Bertz CT molecular complexity index is 801. The Morgan fingerprint density at radius 3 is 2.96 bits per heavy atom. The number of amides is 2. The van der Waals surface area contributed by atoms with E-state index in [0.717, 1.165) is 31.6 Å². The van der Waals surface area contributed by atoms with Crippen LogP contribution in [-0.2, 0) is 6.54 Å². The zero-order valence-corrected chi connectivity index (χ0v) is 15.0. The van der Waals surface area contributed by atoms with Crippen molar-refractivity contribution in [2.24, 2.45) is 5.92 Å². The highest BCUT2D eigenvalue weighted by Gasteiger charge is 2.33. The SMILES string of the molecule is Cc1c(F)cccc1NC(=O)N1CCCCC1c1nncn1CC1CC1. The Kier molecular flexibility index (Phi) is 4.61. The molecular weight excluding hydrogens is 333 g/mol. The van der Waals surface area contributed by atoms with Gasteiger partial charge >= 0.3 is 6.03 Å². The molecule has 2 aliphatic rings. The van der Waals surface area contributed by atoms with Gasteiger partial charge in [-0.1, -0.05) is 6.07 Å². The van der Waals surface area contributed by atoms with E-state index in [-0.39, 0.29) is 17.9 Å². The number of piperidine rings is 1. The van der Waals surface area contributed by atoms with Gasteiger partial charge in [0, 0.05) is 24.3 Å². The van der Waals surface area contributed by atoms with Crippen molar-refractivity contribution in [2.45, 2.75) is 51.6 Å². The summed E-state index contributed by atoms with van der Waals surface area (Å²) in [5, 5.41) is 11.3. The van der Waals surface area contributed by atoms with Crippen LogP contribution < -0.4 is 5.32 Å². The van der Waals surface area contributed by atoms with Gasteiger partial charge in [0.15, 0.2) is 5.82 Å². The minimum absolute atomic E-state index is 0.0844. The maximum atomic E-state index is 13.8. The number of hydrogen-bond donors (Lipinski definition) is 1. The van der Waals surface area contributed by atoms with Gasteiger partial charge in [-0.05, 0) is 57.1 Å². The number of anilines is 1. The number of carbonyl (C=O) groups is 1. The summed E-state index contributed by atoms with van der Waals surface area (Å²) in [6, 6.07) is 4.45. The maximum Gasteiger partial charge on any atom is 0.322 e. The molecule has 1 aliphatic heterocycles. The number of benzene rings is 1. The average Bonchev–Trinajstić information content (AvgIpc) is 3.34. The summed E-state index contributed by atoms with van der Waals surface area (Å²) >= 11 is 0. The van der Waals surface area contributed by atoms with Crippen molar-refractivity contribution in [1.29, 1.82) is 0 Å². The Morgan fingerprint density at radius 1 is 1.31 bits per heavy atom. The van der Waals surface area contributed by atoms with Crippen molar-refractivity contribution in [1.82, 2.24) is 19.7 Å². The number of aromatic nitrogens is 3. The molecule has 2 fully saturated rings. The summed E-state index contributed by atoms with van der Waals surface area (Å²) in [6.45, 7) is 3.27. The Labute approximate surface area is 152 Å². The number of hydrogen-bond acceptors (Lipinski definition) is 3. The van der Waals surface area contributed by atoms with Gasteiger partial charge in [-0.25, -0.2) is 9.18 Å². The predicted octanol–water partition coefficient (Wildman–Crippen LogP) is 3.89. The van der Waals surface area contributed by atoms with Crippen molar-refractivity contribution in [3.8, 4) is 0 Å². The summed E-state index contributed by atoms with van der Waals surface area (Å²) in [4.78, 5) is 14.7. The Hall–Kier alpha value is -2.44. The molecule has 0 spiro atoms. The first kappa shape index (κ1) is 17.0. The fraction of sp³-hybridized carbons (Fsp3) is 0.526. The molecule has 6 nitrogen and oxygen atoms in total. The number of carbonyl (C=O) groups excluding carboxylic acids is 1. The number of nitrogens with one attached hydrogen (secondary N) is 1. The van der Waals surface area contributed by atoms with E-state index >= 15 is 0 Å². The quantitative estimate of drug-likeness (QED) is 0.903. The monoisotopic (exact) mass is 357 g/mol. The van der Waals surface area contributed by atoms with Crippen LogP contribution in [0.2, 0.25) is 0 Å². The van der Waals surface area contributed by atoms with Crippen molar-refractivity contribution in [2.75, 3.05) is 11.9 Å². The molecule has 1 aromatic heterocycles. The molecule has 2 amide bonds. The predicted molar refractivity (Wildman–Crippen MR) is 96.2 cm³/mol. The summed E-state index contributed by atoms with van der Waals surface area (Å²) in [5.41, 5.74) is 0.963. The van der Waals surface area contributed by atoms with Crippen molar-refractivity contribution >= 4 is 11.7 Å². The third-order valence-corrected chi connectivity index (χ3v) is 5.37. The van der Waals surface area contributed by atoms with E-state index in [1.54, 1.807) is 25.4 Å². The van der Waals surface area contributed by atoms with Crippen molar-refractivity contribution in [3.63, 3.8) is 0 Å². The smallest absolute Gasteiger partial charge is 0.316 e. The molecule has 1 aromatic carbocycles. The number of rotatable bonds is 4. The fourth-order valence-electron chi connectivity index (χ4n) is 3.61. The van der Waals surface area contributed by atoms with Crippen LogP contribution in [0.3, 0.4) is 0 Å². The van der Waals surface area contributed by atoms with Crippen LogP contribution in [0.5, 0.6) is 0 Å². The molecule has 1 atom stereocenters. The van der Waals surface area contributed by atoms with Gasteiger partial charge in [0.2, 0.25) is 0 Å². The van der Waals surface area contributed by atoms with Crippen molar-refractivity contribution in [3.05, 3.63) is 41.7 Å². The topological polar surface area (TPSA) is 63.1 Å². The summed E-state index contributed by atoms with van der Waals surface area (Å²) < 4.78 is 15.9. The number of halogens is 1. The lowest BCUT2D eigenvalue weighted by atomic mass is 10.0. The molecule has 2 aromatic rings. The van der Waals surface area contributed by atoms with E-state index in [1.165, 1.54) is 18.9 Å². The van der Waals surface area contributed by atoms with Gasteiger partial charge in [0.25, 0.3) is 0 Å².